The van der Waals surface area contributed by atoms with Crippen LogP contribution in [-0.2, 0) is 17.5 Å². The van der Waals surface area contributed by atoms with E-state index in [1.165, 1.54) is 42.6 Å². The average Bonchev–Trinajstić information content (AvgIpc) is 3.35. The summed E-state index contributed by atoms with van der Waals surface area (Å²) in [6.45, 7) is 4.43. The van der Waals surface area contributed by atoms with Crippen molar-refractivity contribution in [3.63, 3.8) is 0 Å². The van der Waals surface area contributed by atoms with Crippen LogP contribution in [0.25, 0.3) is 0 Å². The van der Waals surface area contributed by atoms with Crippen LogP contribution in [0.1, 0.15) is 46.0 Å². The Morgan fingerprint density at radius 1 is 1.24 bits per heavy atom. The number of nitrogens with one attached hydrogen (secondary N) is 1. The molecule has 4 rings (SSSR count). The summed E-state index contributed by atoms with van der Waals surface area (Å²) in [6, 6.07) is 5.39. The zero-order valence-corrected chi connectivity index (χ0v) is 21.7. The van der Waals surface area contributed by atoms with Crippen molar-refractivity contribution in [3.8, 4) is 6.07 Å². The Bertz CT molecular complexity index is 1510. The molecule has 0 aliphatic carbocycles. The molecule has 2 amide bonds. The van der Waals surface area contributed by atoms with Crippen molar-refractivity contribution in [1.82, 2.24) is 15.3 Å². The van der Waals surface area contributed by atoms with E-state index < -0.39 is 40.5 Å². The number of benzene rings is 1. The van der Waals surface area contributed by atoms with Crippen LogP contribution in [0.2, 0.25) is 0 Å². The minimum atomic E-state index is -4.84. The summed E-state index contributed by atoms with van der Waals surface area (Å²) in [4.78, 5) is 36.2. The van der Waals surface area contributed by atoms with Crippen LogP contribution in [0, 0.1) is 24.1 Å². The second kappa shape index (κ2) is 9.73. The molecule has 0 unspecified atom stereocenters. The highest BCUT2D eigenvalue weighted by Gasteiger charge is 2.51. The number of carbonyl (C=O) groups is 2. The lowest BCUT2D eigenvalue weighted by atomic mass is 10.0. The summed E-state index contributed by atoms with van der Waals surface area (Å²) in [6.07, 6.45) is -3.58. The highest BCUT2D eigenvalue weighted by Crippen LogP contribution is 2.39. The second-order valence-electron chi connectivity index (χ2n) is 8.73. The fourth-order valence-electron chi connectivity index (χ4n) is 3.93. The lowest BCUT2D eigenvalue weighted by Gasteiger charge is -2.29. The molecule has 38 heavy (non-hydrogen) atoms. The molecular formula is C24H18F4N6O2S2. The van der Waals surface area contributed by atoms with Gasteiger partial charge in [0, 0.05) is 6.07 Å². The van der Waals surface area contributed by atoms with E-state index in [0.717, 1.165) is 28.4 Å². The number of rotatable bonds is 5. The molecule has 3 heterocycles. The Balaban J connectivity index is 1.62. The molecule has 1 aliphatic rings. The maximum atomic E-state index is 15.0. The van der Waals surface area contributed by atoms with Gasteiger partial charge in [-0.3, -0.25) is 19.5 Å². The van der Waals surface area contributed by atoms with Crippen molar-refractivity contribution < 1.29 is 27.2 Å². The number of anilines is 2. The monoisotopic (exact) mass is 562 g/mol. The fraction of sp³-hybridized carbons (Fsp3) is 0.250. The molecule has 1 fully saturated rings. The molecule has 1 aliphatic heterocycles. The van der Waals surface area contributed by atoms with Crippen LogP contribution in [0.5, 0.6) is 0 Å². The third-order valence-corrected chi connectivity index (χ3v) is 7.18. The van der Waals surface area contributed by atoms with Crippen molar-refractivity contribution in [1.29, 1.82) is 5.26 Å². The molecule has 0 atom stereocenters. The molecule has 8 nitrogen and oxygen atoms in total. The number of aryl methyl sites for hydroxylation is 1. The number of hydrogen-bond donors (Lipinski definition) is 1. The Kier molecular flexibility index (Phi) is 6.94. The van der Waals surface area contributed by atoms with Crippen LogP contribution in [0.3, 0.4) is 0 Å². The summed E-state index contributed by atoms with van der Waals surface area (Å²) < 4.78 is 55.5. The number of halogens is 4. The van der Waals surface area contributed by atoms with Crippen LogP contribution in [0.15, 0.2) is 36.0 Å². The molecule has 1 N–H and O–H groups in total. The standard InChI is InChI=1S/C24H18F4N6O2S2/c1-12-19(38-11-32-12)20(35)31-10-18-17(25)7-15(9-30-18)34-22(37)33(21(36)23(34,2)3)14-5-4-13(8-29)16(6-14)24(26,27)28/h4-7,9,11H,10H2,1-3H3,(H,31,35). The first kappa shape index (κ1) is 27.1. The highest BCUT2D eigenvalue weighted by atomic mass is 32.1. The van der Waals surface area contributed by atoms with Gasteiger partial charge < -0.3 is 10.2 Å². The maximum absolute atomic E-state index is 15.0. The van der Waals surface area contributed by atoms with Gasteiger partial charge in [0.05, 0.1) is 58.2 Å². The molecule has 1 saturated heterocycles. The SMILES string of the molecule is Cc1ncsc1C(=O)NCc1ncc(N2C(=S)N(c3ccc(C#N)c(C(F)(F)F)c3)C(=O)C2(C)C)cc1F. The van der Waals surface area contributed by atoms with Gasteiger partial charge in [-0.25, -0.2) is 9.37 Å². The van der Waals surface area contributed by atoms with Gasteiger partial charge in [0.15, 0.2) is 5.11 Å². The highest BCUT2D eigenvalue weighted by molar-refractivity contribution is 7.81. The first-order valence-corrected chi connectivity index (χ1v) is 12.2. The Morgan fingerprint density at radius 2 is 1.95 bits per heavy atom. The first-order chi connectivity index (χ1) is 17.8. The van der Waals surface area contributed by atoms with Gasteiger partial charge in [-0.1, -0.05) is 0 Å². The molecule has 2 aromatic heterocycles. The quantitative estimate of drug-likeness (QED) is 0.355. The number of alkyl halides is 3. The lowest BCUT2D eigenvalue weighted by Crippen LogP contribution is -2.44. The third kappa shape index (κ3) is 4.70. The Morgan fingerprint density at radius 3 is 2.53 bits per heavy atom. The predicted molar refractivity (Wildman–Crippen MR) is 135 cm³/mol. The summed E-state index contributed by atoms with van der Waals surface area (Å²) in [5.41, 5.74) is -1.33. The number of thiocarbonyl (C=S) groups is 1. The van der Waals surface area contributed by atoms with Gasteiger partial charge in [0.2, 0.25) is 0 Å². The van der Waals surface area contributed by atoms with E-state index in [9.17, 15) is 27.2 Å². The molecule has 196 valence electrons. The van der Waals surface area contributed by atoms with Crippen LogP contribution < -0.4 is 15.1 Å². The van der Waals surface area contributed by atoms with Gasteiger partial charge in [-0.05, 0) is 51.2 Å². The normalized spacial score (nSPS) is 15.1. The van der Waals surface area contributed by atoms with Gasteiger partial charge in [-0.15, -0.1) is 11.3 Å². The molecule has 14 heteroatoms. The van der Waals surface area contributed by atoms with E-state index in [1.807, 2.05) is 0 Å². The number of pyridine rings is 1. The molecule has 3 aromatic rings. The molecule has 0 bridgehead atoms. The van der Waals surface area contributed by atoms with Crippen LogP contribution in [0.4, 0.5) is 28.9 Å². The number of aromatic nitrogens is 2. The molecule has 0 saturated carbocycles. The fourth-order valence-corrected chi connectivity index (χ4v) is 5.17. The number of thiazole rings is 1. The Labute approximate surface area is 223 Å². The molecule has 0 radical (unpaired) electrons. The van der Waals surface area contributed by atoms with Gasteiger partial charge >= 0.3 is 6.18 Å². The molecule has 1 aromatic carbocycles. The van der Waals surface area contributed by atoms with Crippen molar-refractivity contribution in [2.75, 3.05) is 9.80 Å². The van der Waals surface area contributed by atoms with E-state index in [1.54, 1.807) is 6.92 Å². The number of amides is 2. The number of hydrogen-bond acceptors (Lipinski definition) is 7. The van der Waals surface area contributed by atoms with E-state index in [0.29, 0.717) is 16.6 Å². The van der Waals surface area contributed by atoms with Crippen LogP contribution >= 0.6 is 23.6 Å². The minimum Gasteiger partial charge on any atom is -0.346 e. The first-order valence-electron chi connectivity index (χ1n) is 10.9. The minimum absolute atomic E-state index is 0.0720. The van der Waals surface area contributed by atoms with Crippen molar-refractivity contribution >= 4 is 51.9 Å². The summed E-state index contributed by atoms with van der Waals surface area (Å²) in [5, 5.41) is 11.4. The largest absolute Gasteiger partial charge is 0.417 e. The van der Waals surface area contributed by atoms with Crippen molar-refractivity contribution in [3.05, 3.63) is 69.2 Å². The predicted octanol–water partition coefficient (Wildman–Crippen LogP) is 4.72. The van der Waals surface area contributed by atoms with Gasteiger partial charge in [-0.2, -0.15) is 18.4 Å². The van der Waals surface area contributed by atoms with E-state index in [-0.39, 0.29) is 28.7 Å². The van der Waals surface area contributed by atoms with E-state index in [4.69, 9.17) is 17.5 Å². The van der Waals surface area contributed by atoms with Crippen molar-refractivity contribution in [2.24, 2.45) is 0 Å². The summed E-state index contributed by atoms with van der Waals surface area (Å²) >= 11 is 6.59. The summed E-state index contributed by atoms with van der Waals surface area (Å²) in [5.74, 6) is -1.87. The maximum Gasteiger partial charge on any atom is 0.417 e. The molecule has 0 spiro atoms. The molecular weight excluding hydrogens is 544 g/mol. The lowest BCUT2D eigenvalue weighted by molar-refractivity contribution is -0.137. The van der Waals surface area contributed by atoms with Crippen molar-refractivity contribution in [2.45, 2.75) is 39.0 Å². The number of nitriles is 1. The summed E-state index contributed by atoms with van der Waals surface area (Å²) in [7, 11) is 0. The smallest absolute Gasteiger partial charge is 0.346 e. The van der Waals surface area contributed by atoms with E-state index in [2.05, 4.69) is 15.3 Å². The average molecular weight is 563 g/mol. The zero-order chi connectivity index (χ0) is 28.0. The van der Waals surface area contributed by atoms with Gasteiger partial charge in [0.25, 0.3) is 11.8 Å². The van der Waals surface area contributed by atoms with E-state index >= 15 is 0 Å². The second-order valence-corrected chi connectivity index (χ2v) is 9.95. The van der Waals surface area contributed by atoms with Crippen LogP contribution in [-0.4, -0.2) is 32.4 Å². The number of nitrogens with zero attached hydrogens (tertiary/aromatic N) is 5. The zero-order valence-electron chi connectivity index (χ0n) is 20.1. The Hall–Kier alpha value is -3.96. The topological polar surface area (TPSA) is 102 Å². The van der Waals surface area contributed by atoms with Gasteiger partial charge in [0.1, 0.15) is 16.2 Å². The third-order valence-electron chi connectivity index (χ3n) is 5.88. The number of carbonyl (C=O) groups excluding carboxylic acids is 2.